The van der Waals surface area contributed by atoms with Gasteiger partial charge in [0.25, 0.3) is 5.91 Å². The normalized spacial score (nSPS) is 10.4. The second-order valence-corrected chi connectivity index (χ2v) is 6.73. The lowest BCUT2D eigenvalue weighted by atomic mass is 9.99. The van der Waals surface area contributed by atoms with Crippen LogP contribution >= 0.6 is 0 Å². The fourth-order valence-corrected chi connectivity index (χ4v) is 3.16. The van der Waals surface area contributed by atoms with Crippen LogP contribution in [0.4, 0.5) is 5.69 Å². The summed E-state index contributed by atoms with van der Waals surface area (Å²) in [6, 6.07) is 11.1. The number of carbonyl (C=O) groups excluding carboxylic acids is 1. The van der Waals surface area contributed by atoms with Gasteiger partial charge in [0.1, 0.15) is 17.2 Å². The van der Waals surface area contributed by atoms with Crippen molar-refractivity contribution in [2.24, 2.45) is 0 Å². The van der Waals surface area contributed by atoms with Gasteiger partial charge in [-0.1, -0.05) is 13.0 Å². The molecule has 3 N–H and O–H groups in total. The molecule has 7 nitrogen and oxygen atoms in total. The molecule has 1 amide bonds. The maximum Gasteiger partial charge on any atom is 0.251 e. The van der Waals surface area contributed by atoms with Gasteiger partial charge in [0.2, 0.25) is 0 Å². The smallest absolute Gasteiger partial charge is 0.251 e. The first-order valence-electron chi connectivity index (χ1n) is 9.69. The van der Waals surface area contributed by atoms with Gasteiger partial charge < -0.3 is 20.8 Å². The van der Waals surface area contributed by atoms with E-state index >= 15 is 0 Å². The number of hydrogen-bond donors (Lipinski definition) is 3. The Morgan fingerprint density at radius 2 is 1.90 bits per heavy atom. The van der Waals surface area contributed by atoms with E-state index < -0.39 is 0 Å². The summed E-state index contributed by atoms with van der Waals surface area (Å²) in [6.45, 7) is 3.71. The molecule has 7 heteroatoms. The summed E-state index contributed by atoms with van der Waals surface area (Å²) in [5, 5.41) is 13.5. The van der Waals surface area contributed by atoms with Crippen molar-refractivity contribution in [3.8, 4) is 22.8 Å². The van der Waals surface area contributed by atoms with E-state index in [4.69, 9.17) is 10.1 Å². The molecule has 0 aliphatic carbocycles. The van der Waals surface area contributed by atoms with Crippen LogP contribution < -0.4 is 15.4 Å². The predicted molar refractivity (Wildman–Crippen MR) is 119 cm³/mol. The summed E-state index contributed by atoms with van der Waals surface area (Å²) in [7, 11) is 3.41. The SMILES string of the molecule is CCc1cc(-c2cc(Oc3cnc(C(C)=N)c(NC)c3)ccn2)ccc1C(=O)NC. The zero-order chi connectivity index (χ0) is 21.7. The van der Waals surface area contributed by atoms with Crippen LogP contribution in [0.25, 0.3) is 11.3 Å². The lowest BCUT2D eigenvalue weighted by Gasteiger charge is -2.12. The van der Waals surface area contributed by atoms with Gasteiger partial charge in [-0.3, -0.25) is 9.78 Å². The Morgan fingerprint density at radius 1 is 1.10 bits per heavy atom. The molecule has 0 aliphatic rings. The molecule has 0 aliphatic heterocycles. The first kappa shape index (κ1) is 21.0. The van der Waals surface area contributed by atoms with Gasteiger partial charge in [0, 0.05) is 43.6 Å². The van der Waals surface area contributed by atoms with Gasteiger partial charge in [0.15, 0.2) is 0 Å². The van der Waals surface area contributed by atoms with Crippen LogP contribution in [-0.4, -0.2) is 35.7 Å². The maximum absolute atomic E-state index is 12.0. The number of nitrogens with zero attached hydrogens (tertiary/aromatic N) is 2. The Balaban J connectivity index is 1.90. The second kappa shape index (κ2) is 9.17. The summed E-state index contributed by atoms with van der Waals surface area (Å²) >= 11 is 0. The molecule has 1 aromatic carbocycles. The van der Waals surface area contributed by atoms with Crippen LogP contribution in [0.5, 0.6) is 11.5 Å². The number of nitrogens with one attached hydrogen (secondary N) is 3. The molecule has 154 valence electrons. The van der Waals surface area contributed by atoms with Gasteiger partial charge in [-0.15, -0.1) is 0 Å². The van der Waals surface area contributed by atoms with Gasteiger partial charge >= 0.3 is 0 Å². The van der Waals surface area contributed by atoms with Crippen molar-refractivity contribution in [3.05, 3.63) is 65.6 Å². The fraction of sp³-hybridized carbons (Fsp3) is 0.217. The van der Waals surface area contributed by atoms with Crippen LogP contribution in [0.1, 0.15) is 35.5 Å². The van der Waals surface area contributed by atoms with E-state index in [0.717, 1.165) is 28.9 Å². The number of aryl methyl sites for hydroxylation is 1. The molecule has 0 fully saturated rings. The summed E-state index contributed by atoms with van der Waals surface area (Å²) in [4.78, 5) is 20.8. The highest BCUT2D eigenvalue weighted by molar-refractivity contribution is 5.99. The third kappa shape index (κ3) is 4.46. The summed E-state index contributed by atoms with van der Waals surface area (Å²) in [5.41, 5.74) is 4.98. The van der Waals surface area contributed by atoms with Gasteiger partial charge in [-0.05, 0) is 37.1 Å². The van der Waals surface area contributed by atoms with Crippen LogP contribution in [-0.2, 0) is 6.42 Å². The molecule has 0 saturated carbocycles. The molecule has 2 aromatic heterocycles. The van der Waals surface area contributed by atoms with E-state index in [1.165, 1.54) is 0 Å². The molecule has 3 rings (SSSR count). The third-order valence-corrected chi connectivity index (χ3v) is 4.71. The van der Waals surface area contributed by atoms with E-state index in [2.05, 4.69) is 20.6 Å². The van der Waals surface area contributed by atoms with Crippen molar-refractivity contribution in [3.63, 3.8) is 0 Å². The minimum atomic E-state index is -0.0973. The Labute approximate surface area is 176 Å². The fourth-order valence-electron chi connectivity index (χ4n) is 3.16. The number of ether oxygens (including phenoxy) is 1. The number of benzene rings is 1. The second-order valence-electron chi connectivity index (χ2n) is 6.73. The highest BCUT2D eigenvalue weighted by Gasteiger charge is 2.12. The minimum Gasteiger partial charge on any atom is -0.456 e. The number of aromatic nitrogens is 2. The predicted octanol–water partition coefficient (Wildman–Crippen LogP) is 4.29. The Bertz CT molecular complexity index is 1090. The molecule has 0 spiro atoms. The molecular formula is C23H25N5O2. The average molecular weight is 403 g/mol. The number of carbonyl (C=O) groups is 1. The minimum absolute atomic E-state index is 0.0973. The van der Waals surface area contributed by atoms with Crippen molar-refractivity contribution in [2.45, 2.75) is 20.3 Å². The first-order chi connectivity index (χ1) is 14.5. The lowest BCUT2D eigenvalue weighted by molar-refractivity contribution is 0.0962. The van der Waals surface area contributed by atoms with E-state index in [1.54, 1.807) is 39.5 Å². The van der Waals surface area contributed by atoms with Gasteiger partial charge in [0.05, 0.1) is 23.3 Å². The molecule has 3 aromatic rings. The lowest BCUT2D eigenvalue weighted by Crippen LogP contribution is -2.19. The number of rotatable bonds is 7. The number of hydrogen-bond acceptors (Lipinski definition) is 6. The molecule has 0 radical (unpaired) electrons. The van der Waals surface area contributed by atoms with Crippen LogP contribution in [0.2, 0.25) is 0 Å². The molecule has 0 bridgehead atoms. The van der Waals surface area contributed by atoms with Crippen molar-refractivity contribution in [1.29, 1.82) is 5.41 Å². The number of pyridine rings is 2. The maximum atomic E-state index is 12.0. The molecular weight excluding hydrogens is 378 g/mol. The molecule has 0 unspecified atom stereocenters. The van der Waals surface area contributed by atoms with E-state index in [9.17, 15) is 4.79 Å². The van der Waals surface area contributed by atoms with Crippen LogP contribution in [0.15, 0.2) is 48.8 Å². The first-order valence-corrected chi connectivity index (χ1v) is 9.69. The standard InChI is InChI=1S/C23H25N5O2/c1-5-15-10-16(6-7-19(15)23(29)26-4)20-11-17(8-9-27-20)30-18-12-21(25-3)22(14(2)24)28-13-18/h6-13,24-25H,5H2,1-4H3,(H,26,29). The molecule has 30 heavy (non-hydrogen) atoms. The van der Waals surface area contributed by atoms with E-state index in [-0.39, 0.29) is 5.91 Å². The summed E-state index contributed by atoms with van der Waals surface area (Å²) < 4.78 is 5.98. The Morgan fingerprint density at radius 3 is 2.57 bits per heavy atom. The van der Waals surface area contributed by atoms with Crippen LogP contribution in [0.3, 0.4) is 0 Å². The topological polar surface area (TPSA) is 100.0 Å². The van der Waals surface area contributed by atoms with Crippen molar-refractivity contribution < 1.29 is 9.53 Å². The van der Waals surface area contributed by atoms with Gasteiger partial charge in [-0.25, -0.2) is 4.98 Å². The largest absolute Gasteiger partial charge is 0.456 e. The van der Waals surface area contributed by atoms with E-state index in [1.807, 2.05) is 37.3 Å². The zero-order valence-corrected chi connectivity index (χ0v) is 17.5. The van der Waals surface area contributed by atoms with Crippen molar-refractivity contribution in [1.82, 2.24) is 15.3 Å². The number of amides is 1. The molecule has 0 saturated heterocycles. The summed E-state index contributed by atoms with van der Waals surface area (Å²) in [5.74, 6) is 1.09. The van der Waals surface area contributed by atoms with Crippen molar-refractivity contribution in [2.75, 3.05) is 19.4 Å². The molecule has 0 atom stereocenters. The average Bonchev–Trinajstić information content (AvgIpc) is 2.78. The highest BCUT2D eigenvalue weighted by atomic mass is 16.5. The van der Waals surface area contributed by atoms with Gasteiger partial charge in [-0.2, -0.15) is 0 Å². The van der Waals surface area contributed by atoms with Crippen LogP contribution in [0, 0.1) is 5.41 Å². The Hall–Kier alpha value is -3.74. The Kier molecular flexibility index (Phi) is 6.41. The monoisotopic (exact) mass is 403 g/mol. The molecule has 2 heterocycles. The third-order valence-electron chi connectivity index (χ3n) is 4.71. The van der Waals surface area contributed by atoms with E-state index in [0.29, 0.717) is 28.5 Å². The van der Waals surface area contributed by atoms with Crippen molar-refractivity contribution >= 4 is 17.3 Å². The zero-order valence-electron chi connectivity index (χ0n) is 17.5. The quantitative estimate of drug-likeness (QED) is 0.511. The number of anilines is 1. The highest BCUT2D eigenvalue weighted by Crippen LogP contribution is 2.29. The summed E-state index contributed by atoms with van der Waals surface area (Å²) in [6.07, 6.45) is 4.02.